The van der Waals surface area contributed by atoms with Crippen molar-refractivity contribution in [1.29, 1.82) is 0 Å². The molecule has 0 aromatic carbocycles. The number of ether oxygens (including phenoxy) is 1. The van der Waals surface area contributed by atoms with Gasteiger partial charge in [-0.2, -0.15) is 0 Å². The van der Waals surface area contributed by atoms with Crippen LogP contribution in [0.5, 0.6) is 0 Å². The standard InChI is InChI=1S/C12H21N3O3S3/c1-3-14-10-8-15(5-4-6-18-2)20-12-9(10)7-11(19-12)21(13,16)17/h7,10,14H,3-6,8H2,1-2H3,(H2,13,16,17)/t10-/m0/s1. The van der Waals surface area contributed by atoms with Crippen molar-refractivity contribution in [3.05, 3.63) is 11.6 Å². The van der Waals surface area contributed by atoms with Crippen molar-refractivity contribution >= 4 is 33.3 Å². The second-order valence-electron chi connectivity index (χ2n) is 4.79. The molecule has 0 bridgehead atoms. The number of rotatable bonds is 7. The predicted molar refractivity (Wildman–Crippen MR) is 86.0 cm³/mol. The van der Waals surface area contributed by atoms with E-state index in [2.05, 4.69) is 9.62 Å². The van der Waals surface area contributed by atoms with Crippen LogP contribution in [0, 0.1) is 0 Å². The van der Waals surface area contributed by atoms with E-state index >= 15 is 0 Å². The third-order valence-electron chi connectivity index (χ3n) is 3.16. The van der Waals surface area contributed by atoms with E-state index in [4.69, 9.17) is 9.88 Å². The van der Waals surface area contributed by atoms with E-state index in [0.29, 0.717) is 0 Å². The van der Waals surface area contributed by atoms with Gasteiger partial charge in [-0.15, -0.1) is 11.3 Å². The number of thiophene rings is 1. The van der Waals surface area contributed by atoms with Gasteiger partial charge in [-0.3, -0.25) is 0 Å². The van der Waals surface area contributed by atoms with Crippen LogP contribution in [0.1, 0.15) is 24.9 Å². The van der Waals surface area contributed by atoms with Crippen molar-refractivity contribution in [1.82, 2.24) is 9.62 Å². The van der Waals surface area contributed by atoms with Gasteiger partial charge in [-0.25, -0.2) is 17.9 Å². The Hall–Kier alpha value is -0.160. The zero-order chi connectivity index (χ0) is 15.5. The van der Waals surface area contributed by atoms with Gasteiger partial charge in [0, 0.05) is 32.8 Å². The van der Waals surface area contributed by atoms with Crippen LogP contribution < -0.4 is 10.5 Å². The molecule has 120 valence electrons. The molecule has 1 aromatic heterocycles. The summed E-state index contributed by atoms with van der Waals surface area (Å²) in [5.41, 5.74) is 1.04. The average molecular weight is 352 g/mol. The minimum Gasteiger partial charge on any atom is -0.385 e. The fourth-order valence-electron chi connectivity index (χ4n) is 2.22. The Balaban J connectivity index is 2.19. The molecular weight excluding hydrogens is 330 g/mol. The van der Waals surface area contributed by atoms with Crippen molar-refractivity contribution in [2.75, 3.05) is 33.4 Å². The number of methoxy groups -OCH3 is 1. The first kappa shape index (κ1) is 17.2. The smallest absolute Gasteiger partial charge is 0.247 e. The minimum absolute atomic E-state index is 0.139. The van der Waals surface area contributed by atoms with Crippen LogP contribution in [-0.2, 0) is 14.8 Å². The lowest BCUT2D eigenvalue weighted by molar-refractivity contribution is 0.187. The largest absolute Gasteiger partial charge is 0.385 e. The lowest BCUT2D eigenvalue weighted by Gasteiger charge is -2.31. The van der Waals surface area contributed by atoms with Gasteiger partial charge in [-0.05, 0) is 36.5 Å². The zero-order valence-electron chi connectivity index (χ0n) is 12.2. The second kappa shape index (κ2) is 7.40. The molecule has 2 heterocycles. The van der Waals surface area contributed by atoms with Crippen LogP contribution in [0.2, 0.25) is 0 Å². The van der Waals surface area contributed by atoms with Crippen molar-refractivity contribution in [3.63, 3.8) is 0 Å². The molecular formula is C12H21N3O3S3. The van der Waals surface area contributed by atoms with E-state index in [1.54, 1.807) is 25.1 Å². The highest BCUT2D eigenvalue weighted by Gasteiger charge is 2.29. The van der Waals surface area contributed by atoms with Crippen LogP contribution in [0.4, 0.5) is 0 Å². The molecule has 0 fully saturated rings. The van der Waals surface area contributed by atoms with Gasteiger partial charge < -0.3 is 10.1 Å². The molecule has 21 heavy (non-hydrogen) atoms. The summed E-state index contributed by atoms with van der Waals surface area (Å²) in [6.45, 7) is 5.35. The molecule has 6 nitrogen and oxygen atoms in total. The fourth-order valence-corrected chi connectivity index (χ4v) is 5.79. The van der Waals surface area contributed by atoms with E-state index in [-0.39, 0.29) is 10.3 Å². The molecule has 1 aromatic rings. The lowest BCUT2D eigenvalue weighted by atomic mass is 10.1. The van der Waals surface area contributed by atoms with E-state index in [1.165, 1.54) is 11.3 Å². The summed E-state index contributed by atoms with van der Waals surface area (Å²) in [6, 6.07) is 1.85. The van der Waals surface area contributed by atoms with Gasteiger partial charge in [0.25, 0.3) is 0 Å². The van der Waals surface area contributed by atoms with Gasteiger partial charge in [0.15, 0.2) is 0 Å². The SMILES string of the molecule is CCN[C@H]1CN(CCCOC)Sc2sc(S(N)(=O)=O)cc21. The third kappa shape index (κ3) is 4.41. The maximum Gasteiger partial charge on any atom is 0.247 e. The van der Waals surface area contributed by atoms with Gasteiger partial charge in [0.1, 0.15) is 4.21 Å². The highest BCUT2D eigenvalue weighted by atomic mass is 32.3. The highest BCUT2D eigenvalue weighted by molar-refractivity contribution is 7.99. The first-order valence-corrected chi connectivity index (χ1v) is 9.91. The molecule has 0 unspecified atom stereocenters. The molecule has 0 radical (unpaired) electrons. The molecule has 0 amide bonds. The average Bonchev–Trinajstić information content (AvgIpc) is 2.83. The van der Waals surface area contributed by atoms with E-state index in [9.17, 15) is 8.42 Å². The highest BCUT2D eigenvalue weighted by Crippen LogP contribution is 2.43. The van der Waals surface area contributed by atoms with Crippen molar-refractivity contribution < 1.29 is 13.2 Å². The normalized spacial score (nSPS) is 19.7. The Labute approximate surface area is 134 Å². The summed E-state index contributed by atoms with van der Waals surface area (Å²) < 4.78 is 31.6. The first-order chi connectivity index (χ1) is 9.95. The molecule has 0 spiro atoms. The zero-order valence-corrected chi connectivity index (χ0v) is 14.6. The number of sulfonamides is 1. The third-order valence-corrected chi connectivity index (χ3v) is 6.99. The summed E-state index contributed by atoms with van der Waals surface area (Å²) in [5.74, 6) is 0. The van der Waals surface area contributed by atoms with Gasteiger partial charge >= 0.3 is 0 Å². The van der Waals surface area contributed by atoms with Gasteiger partial charge in [0.2, 0.25) is 10.0 Å². The number of likely N-dealkylation sites (N-methyl/N-ethyl adjacent to an activating group) is 1. The molecule has 1 aliphatic rings. The molecule has 3 N–H and O–H groups in total. The lowest BCUT2D eigenvalue weighted by Crippen LogP contribution is -2.35. The summed E-state index contributed by atoms with van der Waals surface area (Å²) in [4.78, 5) is 0. The monoisotopic (exact) mass is 351 g/mol. The number of hydrogen-bond donors (Lipinski definition) is 2. The molecule has 2 rings (SSSR count). The van der Waals surface area contributed by atoms with Gasteiger partial charge in [-0.1, -0.05) is 6.92 Å². The summed E-state index contributed by atoms with van der Waals surface area (Å²) in [6.07, 6.45) is 0.950. The molecule has 0 saturated heterocycles. The van der Waals surface area contributed by atoms with Crippen LogP contribution in [0.15, 0.2) is 14.5 Å². The van der Waals surface area contributed by atoms with Crippen molar-refractivity contribution in [2.24, 2.45) is 5.14 Å². The summed E-state index contributed by atoms with van der Waals surface area (Å²) in [5, 5.41) is 8.65. The molecule has 1 aliphatic heterocycles. The minimum atomic E-state index is -3.63. The Morgan fingerprint density at radius 2 is 2.33 bits per heavy atom. The fraction of sp³-hybridized carbons (Fsp3) is 0.667. The van der Waals surface area contributed by atoms with Crippen molar-refractivity contribution in [3.8, 4) is 0 Å². The van der Waals surface area contributed by atoms with E-state index < -0.39 is 10.0 Å². The van der Waals surface area contributed by atoms with Crippen molar-refractivity contribution in [2.45, 2.75) is 27.8 Å². The number of fused-ring (bicyclic) bond motifs is 1. The Kier molecular flexibility index (Phi) is 6.06. The van der Waals surface area contributed by atoms with E-state index in [0.717, 1.165) is 42.4 Å². The van der Waals surface area contributed by atoms with Gasteiger partial charge in [0.05, 0.1) is 4.21 Å². The van der Waals surface area contributed by atoms with Crippen LogP contribution in [0.3, 0.4) is 0 Å². The van der Waals surface area contributed by atoms with Crippen LogP contribution >= 0.6 is 23.3 Å². The quantitative estimate of drug-likeness (QED) is 0.571. The van der Waals surface area contributed by atoms with Crippen LogP contribution in [-0.4, -0.2) is 46.1 Å². The Bertz CT molecular complexity index is 574. The molecule has 0 aliphatic carbocycles. The number of nitrogens with one attached hydrogen (secondary N) is 1. The Morgan fingerprint density at radius 3 is 2.95 bits per heavy atom. The number of hydrogen-bond acceptors (Lipinski definition) is 7. The van der Waals surface area contributed by atoms with E-state index in [1.807, 2.05) is 6.92 Å². The number of nitrogens with zero attached hydrogens (tertiary/aromatic N) is 1. The maximum atomic E-state index is 11.5. The number of primary sulfonamides is 1. The Morgan fingerprint density at radius 1 is 1.57 bits per heavy atom. The molecule has 9 heteroatoms. The topological polar surface area (TPSA) is 84.7 Å². The predicted octanol–water partition coefficient (Wildman–Crippen LogP) is 1.41. The maximum absolute atomic E-state index is 11.5. The summed E-state index contributed by atoms with van der Waals surface area (Å²) >= 11 is 2.86. The first-order valence-electron chi connectivity index (χ1n) is 6.77. The van der Waals surface area contributed by atoms with Crippen LogP contribution in [0.25, 0.3) is 0 Å². The molecule has 1 atom stereocenters. The summed E-state index contributed by atoms with van der Waals surface area (Å²) in [7, 11) is -1.94. The number of nitrogens with two attached hydrogens (primary N) is 1. The second-order valence-corrected chi connectivity index (χ2v) is 9.00. The molecule has 0 saturated carbocycles.